The molecule has 0 unspecified atom stereocenters. The lowest BCUT2D eigenvalue weighted by Gasteiger charge is -2.11. The first-order chi connectivity index (χ1) is 12.2. The van der Waals surface area contributed by atoms with Gasteiger partial charge in [-0.3, -0.25) is 4.79 Å². The minimum atomic E-state index is 0.166. The number of pyridine rings is 1. The number of carbonyl (C=O) groups excluding carboxylic acids is 1. The van der Waals surface area contributed by atoms with Gasteiger partial charge in [0, 0.05) is 42.4 Å². The number of fused-ring (bicyclic) bond motifs is 1. The molecule has 8 heteroatoms. The summed E-state index contributed by atoms with van der Waals surface area (Å²) in [6.07, 6.45) is 6.00. The van der Waals surface area contributed by atoms with Crippen molar-refractivity contribution in [2.24, 2.45) is 10.9 Å². The molecule has 1 amide bonds. The van der Waals surface area contributed by atoms with Gasteiger partial charge in [-0.15, -0.1) is 0 Å². The summed E-state index contributed by atoms with van der Waals surface area (Å²) in [5, 5.41) is 9.37. The molecular formula is C17H23BrN6O. The zero-order chi connectivity index (χ0) is 17.6. The zero-order valence-electron chi connectivity index (χ0n) is 14.3. The number of aromatic nitrogens is 2. The fourth-order valence-corrected chi connectivity index (χ4v) is 2.80. The van der Waals surface area contributed by atoms with Crippen molar-refractivity contribution in [3.8, 4) is 0 Å². The molecule has 1 fully saturated rings. The van der Waals surface area contributed by atoms with Crippen molar-refractivity contribution >= 4 is 33.4 Å². The number of guanidine groups is 1. The number of hydrogen-bond acceptors (Lipinski definition) is 3. The zero-order valence-corrected chi connectivity index (χ0v) is 15.8. The molecule has 0 saturated heterocycles. The van der Waals surface area contributed by atoms with Gasteiger partial charge >= 0.3 is 0 Å². The molecule has 2 aromatic heterocycles. The summed E-state index contributed by atoms with van der Waals surface area (Å²) < 4.78 is 2.98. The molecule has 7 nitrogen and oxygen atoms in total. The number of hydrogen-bond donors (Lipinski definition) is 3. The highest BCUT2D eigenvalue weighted by Gasteiger charge is 2.28. The van der Waals surface area contributed by atoms with E-state index in [1.807, 2.05) is 35.9 Å². The molecule has 0 aliphatic heterocycles. The lowest BCUT2D eigenvalue weighted by atomic mass is 10.4. The van der Waals surface area contributed by atoms with Crippen molar-refractivity contribution in [3.05, 3.63) is 34.7 Å². The van der Waals surface area contributed by atoms with E-state index in [0.717, 1.165) is 41.2 Å². The minimum Gasteiger partial charge on any atom is -0.357 e. The average molecular weight is 407 g/mol. The molecule has 134 valence electrons. The quantitative estimate of drug-likeness (QED) is 0.371. The number of halogens is 1. The Labute approximate surface area is 155 Å². The van der Waals surface area contributed by atoms with E-state index in [2.05, 4.69) is 41.9 Å². The highest BCUT2D eigenvalue weighted by Crippen LogP contribution is 2.28. The molecular weight excluding hydrogens is 384 g/mol. The van der Waals surface area contributed by atoms with Crippen LogP contribution in [0.2, 0.25) is 0 Å². The fraction of sp³-hybridized carbons (Fsp3) is 0.471. The predicted octanol–water partition coefficient (Wildman–Crippen LogP) is 1.68. The Balaban J connectivity index is 1.52. The fourth-order valence-electron chi connectivity index (χ4n) is 2.45. The third kappa shape index (κ3) is 5.19. The van der Waals surface area contributed by atoms with Gasteiger partial charge in [-0.1, -0.05) is 0 Å². The van der Waals surface area contributed by atoms with Gasteiger partial charge in [0.2, 0.25) is 5.91 Å². The summed E-state index contributed by atoms with van der Waals surface area (Å²) in [7, 11) is 0. The summed E-state index contributed by atoms with van der Waals surface area (Å²) in [5.74, 6) is 1.14. The molecule has 2 aromatic rings. The van der Waals surface area contributed by atoms with Crippen LogP contribution in [0.3, 0.4) is 0 Å². The predicted molar refractivity (Wildman–Crippen MR) is 101 cm³/mol. The first-order valence-corrected chi connectivity index (χ1v) is 9.38. The molecule has 0 atom stereocenters. The van der Waals surface area contributed by atoms with Gasteiger partial charge in [-0.2, -0.15) is 0 Å². The summed E-state index contributed by atoms with van der Waals surface area (Å²) >= 11 is 3.46. The number of nitrogens with one attached hydrogen (secondary N) is 3. The van der Waals surface area contributed by atoms with Crippen LogP contribution in [0.25, 0.3) is 5.65 Å². The van der Waals surface area contributed by atoms with Crippen molar-refractivity contribution < 1.29 is 4.79 Å². The molecule has 0 bridgehead atoms. The first-order valence-electron chi connectivity index (χ1n) is 8.58. The van der Waals surface area contributed by atoms with Crippen molar-refractivity contribution in [1.29, 1.82) is 0 Å². The average Bonchev–Trinajstić information content (AvgIpc) is 3.37. The van der Waals surface area contributed by atoms with E-state index in [1.165, 1.54) is 0 Å². The molecule has 2 heterocycles. The number of imidazole rings is 1. The number of carbonyl (C=O) groups is 1. The van der Waals surface area contributed by atoms with Crippen molar-refractivity contribution in [2.45, 2.75) is 26.3 Å². The molecule has 3 rings (SSSR count). The van der Waals surface area contributed by atoms with Crippen LogP contribution in [-0.4, -0.2) is 40.9 Å². The van der Waals surface area contributed by atoms with Gasteiger partial charge in [0.25, 0.3) is 0 Å². The second-order valence-corrected chi connectivity index (χ2v) is 6.95. The molecule has 1 saturated carbocycles. The Bertz CT molecular complexity index is 768. The van der Waals surface area contributed by atoms with Crippen LogP contribution in [0.15, 0.2) is 34.0 Å². The number of nitrogens with zero attached hydrogens (tertiary/aromatic N) is 3. The van der Waals surface area contributed by atoms with E-state index >= 15 is 0 Å². The number of amides is 1. The lowest BCUT2D eigenvalue weighted by Crippen LogP contribution is -2.41. The van der Waals surface area contributed by atoms with Crippen LogP contribution in [0.4, 0.5) is 0 Å². The SMILES string of the molecule is CCNC(=NCc1cn2cc(Br)ccc2n1)NCCNC(=O)C1CC1. The van der Waals surface area contributed by atoms with Gasteiger partial charge in [0.15, 0.2) is 5.96 Å². The van der Waals surface area contributed by atoms with Crippen LogP contribution in [0.1, 0.15) is 25.5 Å². The van der Waals surface area contributed by atoms with Crippen molar-refractivity contribution in [3.63, 3.8) is 0 Å². The summed E-state index contributed by atoms with van der Waals surface area (Å²) in [4.78, 5) is 20.7. The standard InChI is InChI=1S/C17H23BrN6O/c1-2-19-17(21-8-7-20-16(25)12-3-4-12)22-9-14-11-24-10-13(18)5-6-15(24)23-14/h5-6,10-12H,2-4,7-9H2,1H3,(H,20,25)(H2,19,21,22). The monoisotopic (exact) mass is 406 g/mol. The summed E-state index contributed by atoms with van der Waals surface area (Å²) in [6.45, 7) is 4.53. The Kier molecular flexibility index (Phi) is 5.91. The Morgan fingerprint density at radius 1 is 1.28 bits per heavy atom. The van der Waals surface area contributed by atoms with E-state index < -0.39 is 0 Å². The first kappa shape index (κ1) is 17.7. The highest BCUT2D eigenvalue weighted by atomic mass is 79.9. The van der Waals surface area contributed by atoms with Crippen LogP contribution < -0.4 is 16.0 Å². The Morgan fingerprint density at radius 3 is 2.84 bits per heavy atom. The topological polar surface area (TPSA) is 82.8 Å². The third-order valence-electron chi connectivity index (χ3n) is 3.87. The largest absolute Gasteiger partial charge is 0.357 e. The Morgan fingerprint density at radius 2 is 2.08 bits per heavy atom. The van der Waals surface area contributed by atoms with Crippen LogP contribution in [0.5, 0.6) is 0 Å². The lowest BCUT2D eigenvalue weighted by molar-refractivity contribution is -0.122. The molecule has 0 aromatic carbocycles. The molecule has 1 aliphatic carbocycles. The molecule has 1 aliphatic rings. The maximum Gasteiger partial charge on any atom is 0.223 e. The maximum absolute atomic E-state index is 11.6. The van der Waals surface area contributed by atoms with Gasteiger partial charge in [0.05, 0.1) is 12.2 Å². The Hall–Kier alpha value is -2.09. The molecule has 0 radical (unpaired) electrons. The van der Waals surface area contributed by atoms with Gasteiger partial charge < -0.3 is 20.4 Å². The normalized spacial score (nSPS) is 14.6. The molecule has 25 heavy (non-hydrogen) atoms. The maximum atomic E-state index is 11.6. The van der Waals surface area contributed by atoms with Crippen LogP contribution >= 0.6 is 15.9 Å². The smallest absolute Gasteiger partial charge is 0.223 e. The highest BCUT2D eigenvalue weighted by molar-refractivity contribution is 9.10. The van der Waals surface area contributed by atoms with E-state index in [1.54, 1.807) is 0 Å². The van der Waals surface area contributed by atoms with Crippen molar-refractivity contribution in [2.75, 3.05) is 19.6 Å². The van der Waals surface area contributed by atoms with Gasteiger partial charge in [0.1, 0.15) is 5.65 Å². The van der Waals surface area contributed by atoms with E-state index in [9.17, 15) is 4.79 Å². The van der Waals surface area contributed by atoms with E-state index in [0.29, 0.717) is 19.6 Å². The van der Waals surface area contributed by atoms with E-state index in [4.69, 9.17) is 0 Å². The van der Waals surface area contributed by atoms with Gasteiger partial charge in [-0.05, 0) is 47.8 Å². The third-order valence-corrected chi connectivity index (χ3v) is 4.34. The number of rotatable bonds is 7. The van der Waals surface area contributed by atoms with Crippen LogP contribution in [0, 0.1) is 5.92 Å². The van der Waals surface area contributed by atoms with Crippen molar-refractivity contribution in [1.82, 2.24) is 25.3 Å². The van der Waals surface area contributed by atoms with Crippen LogP contribution in [-0.2, 0) is 11.3 Å². The summed E-state index contributed by atoms with van der Waals surface area (Å²) in [6, 6.07) is 3.93. The van der Waals surface area contributed by atoms with Gasteiger partial charge in [-0.25, -0.2) is 9.98 Å². The second-order valence-electron chi connectivity index (χ2n) is 6.03. The summed E-state index contributed by atoms with van der Waals surface area (Å²) in [5.41, 5.74) is 1.80. The second kappa shape index (κ2) is 8.33. The molecule has 0 spiro atoms. The minimum absolute atomic E-state index is 0.166. The molecule has 3 N–H and O–H groups in total. The van der Waals surface area contributed by atoms with E-state index in [-0.39, 0.29) is 11.8 Å². The number of aliphatic imine (C=N–C) groups is 1.